The van der Waals surface area contributed by atoms with E-state index in [0.29, 0.717) is 30.4 Å². The molecule has 0 saturated heterocycles. The van der Waals surface area contributed by atoms with Crippen molar-refractivity contribution in [3.63, 3.8) is 0 Å². The van der Waals surface area contributed by atoms with Gasteiger partial charge in [-0.25, -0.2) is 0 Å². The molecule has 34 heavy (non-hydrogen) atoms. The number of halogens is 1. The van der Waals surface area contributed by atoms with Gasteiger partial charge in [0, 0.05) is 28.6 Å². The van der Waals surface area contributed by atoms with Gasteiger partial charge in [-0.2, -0.15) is 4.37 Å². The third-order valence-electron chi connectivity index (χ3n) is 7.34. The Kier molecular flexibility index (Phi) is 5.72. The molecule has 0 spiro atoms. The van der Waals surface area contributed by atoms with Gasteiger partial charge in [0.25, 0.3) is 0 Å². The number of ether oxygens (including phenoxy) is 1. The normalized spacial score (nSPS) is 23.0. The van der Waals surface area contributed by atoms with E-state index >= 15 is 0 Å². The summed E-state index contributed by atoms with van der Waals surface area (Å²) in [6, 6.07) is 12.1. The van der Waals surface area contributed by atoms with Crippen LogP contribution in [-0.4, -0.2) is 20.7 Å². The van der Waals surface area contributed by atoms with Crippen LogP contribution in [0.3, 0.4) is 0 Å². The molecule has 2 aliphatic rings. The fraction of sp³-hybridized carbons (Fsp3) is 0.407. The van der Waals surface area contributed by atoms with Crippen molar-refractivity contribution in [2.24, 2.45) is 0 Å². The zero-order valence-electron chi connectivity index (χ0n) is 19.1. The molecule has 0 aliphatic heterocycles. The molecule has 2 fully saturated rings. The molecular weight excluding hydrogens is 468 g/mol. The average Bonchev–Trinajstić information content (AvgIpc) is 3.42. The first-order chi connectivity index (χ1) is 16.5. The highest BCUT2D eigenvalue weighted by molar-refractivity contribution is 7.13. The van der Waals surface area contributed by atoms with Crippen LogP contribution in [0.2, 0.25) is 5.02 Å². The number of aliphatic hydroxyl groups is 1. The molecule has 0 atom stereocenters. The molecule has 2 heterocycles. The van der Waals surface area contributed by atoms with Crippen LogP contribution >= 0.6 is 23.1 Å². The van der Waals surface area contributed by atoms with Crippen LogP contribution in [0.4, 0.5) is 0 Å². The zero-order valence-corrected chi connectivity index (χ0v) is 20.7. The number of aromatic nitrogens is 2. The molecule has 0 amide bonds. The summed E-state index contributed by atoms with van der Waals surface area (Å²) in [4.78, 5) is 0. The van der Waals surface area contributed by atoms with Crippen LogP contribution in [0.5, 0.6) is 0 Å². The van der Waals surface area contributed by atoms with E-state index in [1.807, 2.05) is 37.4 Å². The van der Waals surface area contributed by atoms with E-state index in [0.717, 1.165) is 69.5 Å². The summed E-state index contributed by atoms with van der Waals surface area (Å²) in [5.41, 5.74) is 3.99. The summed E-state index contributed by atoms with van der Waals surface area (Å²) in [5.74, 6) is 1.37. The molecule has 0 bridgehead atoms. The van der Waals surface area contributed by atoms with Crippen LogP contribution in [-0.2, 0) is 16.9 Å². The highest BCUT2D eigenvalue weighted by Crippen LogP contribution is 2.46. The molecule has 176 valence electrons. The maximum atomic E-state index is 11.4. The van der Waals surface area contributed by atoms with Crippen molar-refractivity contribution >= 4 is 33.2 Å². The van der Waals surface area contributed by atoms with Crippen LogP contribution in [0.15, 0.2) is 47.1 Å². The number of aryl methyl sites for hydroxylation is 1. The Hall–Kier alpha value is -2.25. The lowest BCUT2D eigenvalue weighted by molar-refractivity contribution is -0.0640. The average molecular weight is 495 g/mol. The van der Waals surface area contributed by atoms with E-state index in [9.17, 15) is 5.11 Å². The second-order valence-corrected chi connectivity index (χ2v) is 10.9. The number of hydrogen-bond donors (Lipinski definition) is 1. The van der Waals surface area contributed by atoms with Gasteiger partial charge in [-0.3, -0.25) is 0 Å². The fourth-order valence-electron chi connectivity index (χ4n) is 5.14. The molecule has 0 unspecified atom stereocenters. The molecule has 1 N–H and O–H groups in total. The fourth-order valence-corrected chi connectivity index (χ4v) is 6.08. The summed E-state index contributed by atoms with van der Waals surface area (Å²) in [5, 5.41) is 17.6. The zero-order chi connectivity index (χ0) is 23.3. The molecule has 6 rings (SSSR count). The Morgan fingerprint density at radius 3 is 2.76 bits per heavy atom. The number of rotatable bonds is 6. The van der Waals surface area contributed by atoms with E-state index in [-0.39, 0.29) is 6.10 Å². The summed E-state index contributed by atoms with van der Waals surface area (Å²) in [7, 11) is 0. The van der Waals surface area contributed by atoms with Gasteiger partial charge in [0.2, 0.25) is 0 Å². The molecule has 4 aromatic rings. The number of hydrogen-bond acceptors (Lipinski definition) is 6. The maximum absolute atomic E-state index is 11.4. The first-order valence-corrected chi connectivity index (χ1v) is 13.1. The summed E-state index contributed by atoms with van der Waals surface area (Å²) < 4.78 is 17.6. The lowest BCUT2D eigenvalue weighted by Gasteiger charge is -2.36. The van der Waals surface area contributed by atoms with Crippen molar-refractivity contribution in [1.29, 1.82) is 0 Å². The highest BCUT2D eigenvalue weighted by Gasteiger charge is 2.37. The van der Waals surface area contributed by atoms with Crippen molar-refractivity contribution in [2.75, 3.05) is 0 Å². The minimum atomic E-state index is -0.813. The molecule has 2 aromatic heterocycles. The molecule has 0 radical (unpaired) electrons. The molecule has 2 aliphatic carbocycles. The minimum Gasteiger partial charge on any atom is -0.385 e. The van der Waals surface area contributed by atoms with Crippen molar-refractivity contribution in [2.45, 2.75) is 69.7 Å². The van der Waals surface area contributed by atoms with Crippen LogP contribution < -0.4 is 0 Å². The predicted molar refractivity (Wildman–Crippen MR) is 134 cm³/mol. The van der Waals surface area contributed by atoms with E-state index in [4.69, 9.17) is 20.9 Å². The molecule has 5 nitrogen and oxygen atoms in total. The van der Waals surface area contributed by atoms with E-state index < -0.39 is 5.60 Å². The maximum Gasteiger partial charge on any atom is 0.145 e. The summed E-state index contributed by atoms with van der Waals surface area (Å²) in [6.07, 6.45) is 7.19. The third kappa shape index (κ3) is 4.07. The van der Waals surface area contributed by atoms with E-state index in [1.165, 1.54) is 11.5 Å². The number of benzene rings is 2. The van der Waals surface area contributed by atoms with Gasteiger partial charge in [-0.1, -0.05) is 35.0 Å². The SMILES string of the molecule is Cc1cccc(Cl)c1-c1noc(C2CC2)c1CO[C@H]1CC[C@](O)(c2ccc3sncc3c2)CC1. The third-order valence-corrected chi connectivity index (χ3v) is 8.43. The molecule has 2 saturated carbocycles. The summed E-state index contributed by atoms with van der Waals surface area (Å²) in [6.45, 7) is 2.49. The Morgan fingerprint density at radius 2 is 2.00 bits per heavy atom. The largest absolute Gasteiger partial charge is 0.385 e. The van der Waals surface area contributed by atoms with Gasteiger partial charge in [0.05, 0.1) is 28.0 Å². The van der Waals surface area contributed by atoms with E-state index in [1.54, 1.807) is 0 Å². The van der Waals surface area contributed by atoms with Gasteiger partial charge >= 0.3 is 0 Å². The lowest BCUT2D eigenvalue weighted by atomic mass is 9.78. The minimum absolute atomic E-state index is 0.0916. The second-order valence-electron chi connectivity index (χ2n) is 9.70. The molecule has 7 heteroatoms. The van der Waals surface area contributed by atoms with E-state index in [2.05, 4.69) is 21.7 Å². The first-order valence-electron chi connectivity index (χ1n) is 11.9. The van der Waals surface area contributed by atoms with Crippen molar-refractivity contribution in [3.8, 4) is 11.3 Å². The van der Waals surface area contributed by atoms with Crippen LogP contribution in [0.1, 0.15) is 66.9 Å². The van der Waals surface area contributed by atoms with Gasteiger partial charge < -0.3 is 14.4 Å². The molecule has 2 aromatic carbocycles. The highest BCUT2D eigenvalue weighted by atomic mass is 35.5. The Balaban J connectivity index is 1.18. The second kappa shape index (κ2) is 8.76. The first kappa shape index (κ1) is 22.2. The topological polar surface area (TPSA) is 68.4 Å². The van der Waals surface area contributed by atoms with Gasteiger partial charge in [-0.15, -0.1) is 0 Å². The molecular formula is C27H27ClN2O3S. The number of nitrogens with zero attached hydrogens (tertiary/aromatic N) is 2. The Bertz CT molecular complexity index is 1310. The summed E-state index contributed by atoms with van der Waals surface area (Å²) >= 11 is 8.04. The van der Waals surface area contributed by atoms with Crippen LogP contribution in [0, 0.1) is 6.92 Å². The van der Waals surface area contributed by atoms with Gasteiger partial charge in [0.15, 0.2) is 0 Å². The Labute approximate surface area is 207 Å². The van der Waals surface area contributed by atoms with Gasteiger partial charge in [-0.05, 0) is 86.3 Å². The lowest BCUT2D eigenvalue weighted by Crippen LogP contribution is -2.34. The van der Waals surface area contributed by atoms with Gasteiger partial charge in [0.1, 0.15) is 11.5 Å². The number of fused-ring (bicyclic) bond motifs is 1. The predicted octanol–water partition coefficient (Wildman–Crippen LogP) is 7.14. The van der Waals surface area contributed by atoms with Crippen molar-refractivity contribution in [1.82, 2.24) is 9.53 Å². The van der Waals surface area contributed by atoms with Crippen molar-refractivity contribution < 1.29 is 14.4 Å². The van der Waals surface area contributed by atoms with Crippen LogP contribution in [0.25, 0.3) is 21.3 Å². The monoisotopic (exact) mass is 494 g/mol. The standard InChI is InChI=1S/C27H27ClN2O3S/c1-16-3-2-4-22(28)24(16)25-21(26(33-30-25)17-5-6-17)15-32-20-9-11-27(31,12-10-20)19-7-8-23-18(13-19)14-29-34-23/h2-4,7-8,13-14,17,20,31H,5-6,9-12,15H2,1H3/t20-,27+. The quantitative estimate of drug-likeness (QED) is 0.308. The van der Waals surface area contributed by atoms with Crippen molar-refractivity contribution in [3.05, 3.63) is 70.1 Å². The Morgan fingerprint density at radius 1 is 1.18 bits per heavy atom. The smallest absolute Gasteiger partial charge is 0.145 e.